The first-order valence-electron chi connectivity index (χ1n) is 10.3. The summed E-state index contributed by atoms with van der Waals surface area (Å²) in [4.78, 5) is 27.9. The van der Waals surface area contributed by atoms with Crippen LogP contribution in [-0.2, 0) is 4.74 Å². The molecule has 0 radical (unpaired) electrons. The summed E-state index contributed by atoms with van der Waals surface area (Å²) < 4.78 is 5.15. The molecule has 2 aliphatic heterocycles. The second kappa shape index (κ2) is 10.1. The molecule has 1 N–H and O–H groups in total. The van der Waals surface area contributed by atoms with Gasteiger partial charge in [-0.1, -0.05) is 0 Å². The van der Waals surface area contributed by atoms with Crippen molar-refractivity contribution in [3.8, 4) is 0 Å². The minimum absolute atomic E-state index is 0.0252. The Morgan fingerprint density at radius 2 is 2.00 bits per heavy atom. The van der Waals surface area contributed by atoms with Gasteiger partial charge in [0.25, 0.3) is 5.91 Å². The molecule has 0 aromatic carbocycles. The predicted molar refractivity (Wildman–Crippen MR) is 107 cm³/mol. The molecule has 8 nitrogen and oxygen atoms in total. The van der Waals surface area contributed by atoms with Crippen molar-refractivity contribution >= 4 is 11.7 Å². The van der Waals surface area contributed by atoms with Crippen molar-refractivity contribution in [2.24, 2.45) is 11.8 Å². The number of aromatic nitrogens is 2. The average Bonchev–Trinajstić information content (AvgIpc) is 3.15. The Labute approximate surface area is 167 Å². The molecule has 2 saturated heterocycles. The number of methoxy groups -OCH3 is 1. The third-order valence-corrected chi connectivity index (χ3v) is 5.84. The number of ether oxygens (including phenoxy) is 1. The van der Waals surface area contributed by atoms with Gasteiger partial charge in [0, 0.05) is 58.9 Å². The Hall–Kier alpha value is -1.77. The van der Waals surface area contributed by atoms with Gasteiger partial charge in [-0.2, -0.15) is 0 Å². The fraction of sp³-hybridized carbons (Fsp3) is 0.750. The molecule has 0 aliphatic carbocycles. The fourth-order valence-electron chi connectivity index (χ4n) is 4.15. The zero-order valence-corrected chi connectivity index (χ0v) is 17.1. The van der Waals surface area contributed by atoms with Crippen LogP contribution in [0.15, 0.2) is 12.4 Å². The van der Waals surface area contributed by atoms with Gasteiger partial charge in [-0.05, 0) is 32.2 Å². The van der Waals surface area contributed by atoms with E-state index in [9.17, 15) is 9.90 Å². The molecule has 8 heteroatoms. The van der Waals surface area contributed by atoms with Crippen LogP contribution >= 0.6 is 0 Å². The second-order valence-corrected chi connectivity index (χ2v) is 7.98. The van der Waals surface area contributed by atoms with Crippen LogP contribution in [-0.4, -0.2) is 97.4 Å². The standard InChI is InChI=1S/C20H33N5O3/c1-23(8-9-28-2)12-16-13-25(14-17(16)15-26)19-11-21-10-18(22-19)20(27)24-6-4-3-5-7-24/h10-11,16-17,26H,3-9,12-15H2,1-2H3/t16-,17-/m1/s1. The molecular formula is C20H33N5O3. The molecule has 2 atom stereocenters. The maximum absolute atomic E-state index is 12.7. The Bertz CT molecular complexity index is 638. The first kappa shape index (κ1) is 21.0. The molecule has 156 valence electrons. The third-order valence-electron chi connectivity index (χ3n) is 5.84. The van der Waals surface area contributed by atoms with E-state index in [0.29, 0.717) is 18.2 Å². The Balaban J connectivity index is 1.65. The van der Waals surface area contributed by atoms with Crippen molar-refractivity contribution in [1.82, 2.24) is 19.8 Å². The first-order chi connectivity index (χ1) is 13.6. The molecule has 2 aliphatic rings. The van der Waals surface area contributed by atoms with Crippen molar-refractivity contribution in [3.05, 3.63) is 18.1 Å². The van der Waals surface area contributed by atoms with Gasteiger partial charge in [0.15, 0.2) is 0 Å². The lowest BCUT2D eigenvalue weighted by Crippen LogP contribution is -2.36. The maximum atomic E-state index is 12.7. The highest BCUT2D eigenvalue weighted by Crippen LogP contribution is 2.27. The number of aliphatic hydroxyl groups excluding tert-OH is 1. The fourth-order valence-corrected chi connectivity index (χ4v) is 4.15. The molecule has 3 rings (SSSR count). The number of anilines is 1. The lowest BCUT2D eigenvalue weighted by Gasteiger charge is -2.26. The lowest BCUT2D eigenvalue weighted by molar-refractivity contribution is 0.0718. The van der Waals surface area contributed by atoms with Gasteiger partial charge in [0.2, 0.25) is 0 Å². The topological polar surface area (TPSA) is 82.0 Å². The summed E-state index contributed by atoms with van der Waals surface area (Å²) in [6.45, 7) is 5.75. The van der Waals surface area contributed by atoms with E-state index in [2.05, 4.69) is 26.8 Å². The van der Waals surface area contributed by atoms with Gasteiger partial charge in [-0.25, -0.2) is 4.98 Å². The normalized spacial score (nSPS) is 22.9. The van der Waals surface area contributed by atoms with Gasteiger partial charge >= 0.3 is 0 Å². The van der Waals surface area contributed by atoms with Crippen molar-refractivity contribution < 1.29 is 14.6 Å². The maximum Gasteiger partial charge on any atom is 0.274 e. The van der Waals surface area contributed by atoms with Gasteiger partial charge in [-0.3, -0.25) is 9.78 Å². The van der Waals surface area contributed by atoms with Crippen LogP contribution in [0.1, 0.15) is 29.8 Å². The molecule has 0 spiro atoms. The smallest absolute Gasteiger partial charge is 0.274 e. The Kier molecular flexibility index (Phi) is 7.58. The van der Waals surface area contributed by atoms with Gasteiger partial charge in [0.05, 0.1) is 19.0 Å². The summed E-state index contributed by atoms with van der Waals surface area (Å²) in [6, 6.07) is 0. The summed E-state index contributed by atoms with van der Waals surface area (Å²) in [5.74, 6) is 1.23. The number of hydrogen-bond acceptors (Lipinski definition) is 7. The molecule has 0 unspecified atom stereocenters. The van der Waals surface area contributed by atoms with E-state index >= 15 is 0 Å². The molecule has 1 amide bonds. The SMILES string of the molecule is COCCN(C)C[C@@H]1CN(c2cncc(C(=O)N3CCCCC3)n2)C[C@@H]1CO. The van der Waals surface area contributed by atoms with E-state index in [1.54, 1.807) is 19.5 Å². The zero-order chi connectivity index (χ0) is 19.9. The number of amides is 1. The summed E-state index contributed by atoms with van der Waals surface area (Å²) in [7, 11) is 3.78. The first-order valence-corrected chi connectivity index (χ1v) is 10.3. The number of aliphatic hydroxyl groups is 1. The molecule has 0 saturated carbocycles. The summed E-state index contributed by atoms with van der Waals surface area (Å²) in [6.07, 6.45) is 6.59. The van der Waals surface area contributed by atoms with E-state index in [0.717, 1.165) is 57.9 Å². The number of carbonyl (C=O) groups excluding carboxylic acids is 1. The van der Waals surface area contributed by atoms with Crippen molar-refractivity contribution in [3.63, 3.8) is 0 Å². The quantitative estimate of drug-likeness (QED) is 0.699. The highest BCUT2D eigenvalue weighted by atomic mass is 16.5. The van der Waals surface area contributed by atoms with E-state index in [-0.39, 0.29) is 18.4 Å². The summed E-state index contributed by atoms with van der Waals surface area (Å²) in [5, 5.41) is 9.84. The van der Waals surface area contributed by atoms with Crippen LogP contribution in [0, 0.1) is 11.8 Å². The van der Waals surface area contributed by atoms with E-state index in [1.165, 1.54) is 6.42 Å². The molecule has 1 aromatic rings. The Morgan fingerprint density at radius 3 is 2.71 bits per heavy atom. The number of likely N-dealkylation sites (tertiary alicyclic amines) is 1. The minimum atomic E-state index is -0.0252. The van der Waals surface area contributed by atoms with E-state index in [1.807, 2.05) is 4.90 Å². The highest BCUT2D eigenvalue weighted by Gasteiger charge is 2.34. The summed E-state index contributed by atoms with van der Waals surface area (Å²) in [5.41, 5.74) is 0.417. The van der Waals surface area contributed by atoms with Gasteiger partial charge in [-0.15, -0.1) is 0 Å². The number of piperidine rings is 1. The average molecular weight is 392 g/mol. The number of likely N-dealkylation sites (N-methyl/N-ethyl adjacent to an activating group) is 1. The molecule has 0 bridgehead atoms. The van der Waals surface area contributed by atoms with Crippen molar-refractivity contribution in [1.29, 1.82) is 0 Å². The van der Waals surface area contributed by atoms with Crippen LogP contribution in [0.4, 0.5) is 5.82 Å². The largest absolute Gasteiger partial charge is 0.396 e. The van der Waals surface area contributed by atoms with Crippen LogP contribution in [0.3, 0.4) is 0 Å². The zero-order valence-electron chi connectivity index (χ0n) is 17.1. The number of rotatable bonds is 8. The van der Waals surface area contributed by atoms with Crippen molar-refractivity contribution in [2.75, 3.05) is 71.5 Å². The van der Waals surface area contributed by atoms with Crippen LogP contribution in [0.25, 0.3) is 0 Å². The van der Waals surface area contributed by atoms with Crippen LogP contribution in [0.5, 0.6) is 0 Å². The molecule has 2 fully saturated rings. The lowest BCUT2D eigenvalue weighted by atomic mass is 9.96. The van der Waals surface area contributed by atoms with Gasteiger partial charge < -0.3 is 24.5 Å². The highest BCUT2D eigenvalue weighted by molar-refractivity contribution is 5.92. The predicted octanol–water partition coefficient (Wildman–Crippen LogP) is 0.726. The molecule has 1 aromatic heterocycles. The number of hydrogen-bond donors (Lipinski definition) is 1. The van der Waals surface area contributed by atoms with Crippen LogP contribution < -0.4 is 4.90 Å². The van der Waals surface area contributed by atoms with Crippen LogP contribution in [0.2, 0.25) is 0 Å². The molecule has 3 heterocycles. The van der Waals surface area contributed by atoms with E-state index < -0.39 is 0 Å². The Morgan fingerprint density at radius 1 is 1.25 bits per heavy atom. The van der Waals surface area contributed by atoms with Crippen molar-refractivity contribution in [2.45, 2.75) is 19.3 Å². The molecule has 28 heavy (non-hydrogen) atoms. The molecular weight excluding hydrogens is 358 g/mol. The monoisotopic (exact) mass is 391 g/mol. The third kappa shape index (κ3) is 5.18. The minimum Gasteiger partial charge on any atom is -0.396 e. The summed E-state index contributed by atoms with van der Waals surface area (Å²) >= 11 is 0. The van der Waals surface area contributed by atoms with E-state index in [4.69, 9.17) is 4.74 Å². The number of nitrogens with zero attached hydrogens (tertiary/aromatic N) is 5. The number of carbonyl (C=O) groups is 1. The second-order valence-electron chi connectivity index (χ2n) is 7.98. The van der Waals surface area contributed by atoms with Gasteiger partial charge in [0.1, 0.15) is 11.5 Å².